The quantitative estimate of drug-likeness (QED) is 0.150. The third-order valence-corrected chi connectivity index (χ3v) is 6.46. The van der Waals surface area contributed by atoms with Gasteiger partial charge in [0.25, 0.3) is 11.8 Å². The van der Waals surface area contributed by atoms with Gasteiger partial charge in [0.1, 0.15) is 0 Å². The molecule has 0 aromatic rings. The first-order valence-electron chi connectivity index (χ1n) is 14.3. The molecule has 10 nitrogen and oxygen atoms in total. The van der Waals surface area contributed by atoms with E-state index in [1.807, 2.05) is 34.6 Å². The summed E-state index contributed by atoms with van der Waals surface area (Å²) in [5, 5.41) is 5.64. The lowest BCUT2D eigenvalue weighted by Gasteiger charge is -2.41. The fourth-order valence-electron chi connectivity index (χ4n) is 4.27. The summed E-state index contributed by atoms with van der Waals surface area (Å²) in [6, 6.07) is -0.268. The van der Waals surface area contributed by atoms with Crippen LogP contribution < -0.4 is 10.6 Å². The zero-order valence-corrected chi connectivity index (χ0v) is 26.8. The molecule has 0 saturated heterocycles. The highest BCUT2D eigenvalue weighted by atomic mass is 16.5. The maximum absolute atomic E-state index is 12.3. The summed E-state index contributed by atoms with van der Waals surface area (Å²) in [7, 11) is 0. The van der Waals surface area contributed by atoms with Crippen molar-refractivity contribution < 1.29 is 38.1 Å². The van der Waals surface area contributed by atoms with Crippen LogP contribution in [0.3, 0.4) is 0 Å². The summed E-state index contributed by atoms with van der Waals surface area (Å²) in [6.07, 6.45) is 4.66. The van der Waals surface area contributed by atoms with Crippen molar-refractivity contribution >= 4 is 23.8 Å². The van der Waals surface area contributed by atoms with Crippen molar-refractivity contribution in [3.63, 3.8) is 0 Å². The fraction of sp³-hybridized carbons (Fsp3) is 0.742. The number of hydrogen-bond acceptors (Lipinski definition) is 8. The topological polar surface area (TPSA) is 129 Å². The van der Waals surface area contributed by atoms with E-state index in [0.29, 0.717) is 13.2 Å². The molecule has 2 unspecified atom stereocenters. The van der Waals surface area contributed by atoms with Crippen LogP contribution >= 0.6 is 0 Å². The smallest absolute Gasteiger partial charge is 0.333 e. The number of carbonyl (C=O) groups excluding carboxylic acids is 4. The van der Waals surface area contributed by atoms with Crippen LogP contribution in [0, 0.1) is 5.41 Å². The minimum atomic E-state index is -0.689. The van der Waals surface area contributed by atoms with Crippen LogP contribution in [0.4, 0.5) is 0 Å². The highest BCUT2D eigenvalue weighted by Crippen LogP contribution is 2.39. The third-order valence-electron chi connectivity index (χ3n) is 6.46. The maximum Gasteiger partial charge on any atom is 0.333 e. The zero-order chi connectivity index (χ0) is 31.9. The molecule has 0 spiro atoms. The Morgan fingerprint density at radius 3 is 1.88 bits per heavy atom. The maximum atomic E-state index is 12.3. The predicted molar refractivity (Wildman–Crippen MR) is 159 cm³/mol. The lowest BCUT2D eigenvalue weighted by Crippen LogP contribution is -2.50. The number of rotatable bonds is 21. The second-order valence-electron chi connectivity index (χ2n) is 12.3. The molecule has 0 aliphatic rings. The van der Waals surface area contributed by atoms with Crippen LogP contribution in [-0.4, -0.2) is 74.0 Å². The van der Waals surface area contributed by atoms with E-state index in [4.69, 9.17) is 18.9 Å². The number of carbonyl (C=O) groups is 4. The summed E-state index contributed by atoms with van der Waals surface area (Å²) < 4.78 is 22.3. The number of amides is 2. The molecule has 2 amide bonds. The molecule has 0 aliphatic carbocycles. The Balaban J connectivity index is 5.05. The molecule has 0 rings (SSSR count). The SMILES string of the molecule is C=C(C)C(=O)OCC(=O)NC(C)COCC(CC)(CCCC)CC(C)(C)OCC(C)(C)NC(=O)COC(=O)C(=C)C. The zero-order valence-electron chi connectivity index (χ0n) is 26.8. The van der Waals surface area contributed by atoms with Gasteiger partial charge in [0, 0.05) is 17.2 Å². The molecule has 2 atom stereocenters. The van der Waals surface area contributed by atoms with Crippen LogP contribution in [0.25, 0.3) is 0 Å². The van der Waals surface area contributed by atoms with E-state index in [9.17, 15) is 19.2 Å². The summed E-state index contributed by atoms with van der Waals surface area (Å²) in [6.45, 7) is 24.3. The van der Waals surface area contributed by atoms with E-state index in [1.165, 1.54) is 13.8 Å². The van der Waals surface area contributed by atoms with Gasteiger partial charge in [0.05, 0.1) is 31.0 Å². The Kier molecular flexibility index (Phi) is 16.8. The minimum absolute atomic E-state index is 0.148. The van der Waals surface area contributed by atoms with Gasteiger partial charge in [-0.1, -0.05) is 39.8 Å². The van der Waals surface area contributed by atoms with Crippen molar-refractivity contribution in [3.05, 3.63) is 24.3 Å². The summed E-state index contributed by atoms with van der Waals surface area (Å²) >= 11 is 0. The van der Waals surface area contributed by atoms with Crippen LogP contribution in [0.2, 0.25) is 0 Å². The van der Waals surface area contributed by atoms with Crippen molar-refractivity contribution in [1.82, 2.24) is 10.6 Å². The van der Waals surface area contributed by atoms with Crippen molar-refractivity contribution in [2.24, 2.45) is 5.41 Å². The molecule has 0 aliphatic heterocycles. The van der Waals surface area contributed by atoms with E-state index >= 15 is 0 Å². The van der Waals surface area contributed by atoms with Crippen LogP contribution in [-0.2, 0) is 38.1 Å². The summed E-state index contributed by atoms with van der Waals surface area (Å²) in [5.74, 6) is -2.03. The predicted octanol–water partition coefficient (Wildman–Crippen LogP) is 4.41. The van der Waals surface area contributed by atoms with Gasteiger partial charge >= 0.3 is 11.9 Å². The first-order chi connectivity index (χ1) is 18.9. The average molecular weight is 583 g/mol. The van der Waals surface area contributed by atoms with E-state index in [2.05, 4.69) is 37.6 Å². The Bertz CT molecular complexity index is 912. The van der Waals surface area contributed by atoms with Gasteiger partial charge in [-0.25, -0.2) is 9.59 Å². The molecule has 0 aromatic heterocycles. The van der Waals surface area contributed by atoms with Crippen LogP contribution in [0.5, 0.6) is 0 Å². The van der Waals surface area contributed by atoms with E-state index in [-0.39, 0.29) is 42.4 Å². The number of esters is 2. The highest BCUT2D eigenvalue weighted by Gasteiger charge is 2.37. The van der Waals surface area contributed by atoms with Gasteiger partial charge < -0.3 is 29.6 Å². The van der Waals surface area contributed by atoms with Gasteiger partial charge in [0.15, 0.2) is 13.2 Å². The Labute approximate surface area is 247 Å². The average Bonchev–Trinajstić information content (AvgIpc) is 2.87. The number of hydrogen-bond donors (Lipinski definition) is 2. The van der Waals surface area contributed by atoms with Gasteiger partial charge in [0.2, 0.25) is 0 Å². The highest BCUT2D eigenvalue weighted by molar-refractivity contribution is 5.90. The van der Waals surface area contributed by atoms with Gasteiger partial charge in [-0.2, -0.15) is 0 Å². The molecule has 41 heavy (non-hydrogen) atoms. The Morgan fingerprint density at radius 2 is 1.39 bits per heavy atom. The van der Waals surface area contributed by atoms with E-state index in [0.717, 1.165) is 32.1 Å². The van der Waals surface area contributed by atoms with Gasteiger partial charge in [-0.05, 0) is 73.1 Å². The molecular formula is C31H54N2O8. The largest absolute Gasteiger partial charge is 0.452 e. The standard InChI is InChI=1S/C31H54N2O8/c1-12-14-15-31(13-2,21-38-16-24(7)32-25(34)17-39-27(36)22(3)4)19-30(10,11)41-20-29(8,9)33-26(35)18-40-28(37)23(5)6/h24H,3,5,12-21H2,1-2,4,6-11H3,(H,32,34)(H,33,35). The Morgan fingerprint density at radius 1 is 0.854 bits per heavy atom. The second-order valence-corrected chi connectivity index (χ2v) is 12.3. The van der Waals surface area contributed by atoms with Crippen LogP contribution in [0.15, 0.2) is 24.3 Å². The molecule has 10 heteroatoms. The van der Waals surface area contributed by atoms with E-state index < -0.39 is 34.9 Å². The number of unbranched alkanes of at least 4 members (excludes halogenated alkanes) is 1. The fourth-order valence-corrected chi connectivity index (χ4v) is 4.27. The molecular weight excluding hydrogens is 528 g/mol. The second kappa shape index (κ2) is 18.0. The van der Waals surface area contributed by atoms with Gasteiger partial charge in [-0.15, -0.1) is 0 Å². The summed E-state index contributed by atoms with van der Waals surface area (Å²) in [5.41, 5.74) is -0.891. The van der Waals surface area contributed by atoms with Crippen LogP contribution in [0.1, 0.15) is 94.4 Å². The third kappa shape index (κ3) is 17.0. The first kappa shape index (κ1) is 38.3. The van der Waals surface area contributed by atoms with Crippen molar-refractivity contribution in [2.45, 2.75) is 112 Å². The lowest BCUT2D eigenvalue weighted by atomic mass is 9.73. The molecule has 0 fully saturated rings. The monoisotopic (exact) mass is 582 g/mol. The normalized spacial score (nSPS) is 13.9. The van der Waals surface area contributed by atoms with Crippen molar-refractivity contribution in [1.29, 1.82) is 0 Å². The minimum Gasteiger partial charge on any atom is -0.452 e. The molecule has 2 N–H and O–H groups in total. The molecule has 236 valence electrons. The molecule has 0 bridgehead atoms. The van der Waals surface area contributed by atoms with E-state index in [1.54, 1.807) is 0 Å². The van der Waals surface area contributed by atoms with Gasteiger partial charge in [-0.3, -0.25) is 9.59 Å². The number of ether oxygens (including phenoxy) is 4. The Hall–Kier alpha value is -2.72. The molecule has 0 radical (unpaired) electrons. The first-order valence-corrected chi connectivity index (χ1v) is 14.3. The molecule has 0 saturated carbocycles. The summed E-state index contributed by atoms with van der Waals surface area (Å²) in [4.78, 5) is 47.4. The molecule has 0 aromatic carbocycles. The lowest BCUT2D eigenvalue weighted by molar-refractivity contribution is -0.146. The number of nitrogens with one attached hydrogen (secondary N) is 2. The molecule has 0 heterocycles. The van der Waals surface area contributed by atoms with Crippen molar-refractivity contribution in [2.75, 3.05) is 33.0 Å². The van der Waals surface area contributed by atoms with Crippen molar-refractivity contribution in [3.8, 4) is 0 Å².